The average molecular weight is 179 g/mol. The average Bonchev–Trinajstić information content (AvgIpc) is 1.65. The van der Waals surface area contributed by atoms with E-state index in [1.807, 2.05) is 0 Å². The minimum Gasteiger partial charge on any atom is -0.652 e. The van der Waals surface area contributed by atoms with Crippen molar-refractivity contribution >= 4 is 12.6 Å². The van der Waals surface area contributed by atoms with E-state index in [1.165, 1.54) is 4.90 Å². The standard InChI is InChI=1S/C3H7NO.CH2O3.2Na/c1-4(2)3-5;2-1(3)4;;/h3H,1-2H3;(H2,2,3,4);;/q;;2*+1/p-2. The maximum atomic E-state index is 9.43. The molecule has 11 heavy (non-hydrogen) atoms. The fourth-order valence-electron chi connectivity index (χ4n) is 0. The molecule has 0 rings (SSSR count). The summed E-state index contributed by atoms with van der Waals surface area (Å²) in [5.74, 6) is 0. The molecule has 0 aromatic rings. The second-order valence-corrected chi connectivity index (χ2v) is 1.32. The van der Waals surface area contributed by atoms with Gasteiger partial charge in [-0.15, -0.1) is 0 Å². The van der Waals surface area contributed by atoms with Gasteiger partial charge in [0.25, 0.3) is 0 Å². The summed E-state index contributed by atoms with van der Waals surface area (Å²) in [4.78, 5) is 19.2. The van der Waals surface area contributed by atoms with E-state index in [0.717, 1.165) is 6.41 Å². The number of nitrogens with zero attached hydrogens (tertiary/aromatic N) is 1. The molecule has 0 N–H and O–H groups in total. The molecule has 0 fully saturated rings. The van der Waals surface area contributed by atoms with Gasteiger partial charge in [0.05, 0.1) is 0 Å². The van der Waals surface area contributed by atoms with E-state index in [1.54, 1.807) is 14.1 Å². The molecule has 0 saturated carbocycles. The second-order valence-electron chi connectivity index (χ2n) is 1.32. The minimum atomic E-state index is -2.33. The summed E-state index contributed by atoms with van der Waals surface area (Å²) in [6.07, 6.45) is -1.58. The molecule has 0 bridgehead atoms. The van der Waals surface area contributed by atoms with E-state index >= 15 is 0 Å². The molecule has 0 radical (unpaired) electrons. The first-order chi connectivity index (χ1) is 4.00. The summed E-state index contributed by atoms with van der Waals surface area (Å²) in [7, 11) is 3.38. The zero-order valence-corrected chi connectivity index (χ0v) is 11.2. The molecule has 0 unspecified atom stereocenters. The van der Waals surface area contributed by atoms with Crippen LogP contribution in [0.3, 0.4) is 0 Å². The van der Waals surface area contributed by atoms with Crippen molar-refractivity contribution in [1.29, 1.82) is 0 Å². The van der Waals surface area contributed by atoms with E-state index in [0.29, 0.717) is 0 Å². The van der Waals surface area contributed by atoms with Gasteiger partial charge in [0.15, 0.2) is 0 Å². The van der Waals surface area contributed by atoms with Crippen LogP contribution in [0.1, 0.15) is 0 Å². The Morgan fingerprint density at radius 2 is 1.36 bits per heavy atom. The number of carbonyl (C=O) groups excluding carboxylic acids is 2. The molecular formula is C4H7NNa2O4. The van der Waals surface area contributed by atoms with Crippen LogP contribution in [0.15, 0.2) is 0 Å². The molecule has 0 aromatic heterocycles. The third kappa shape index (κ3) is 109. The predicted octanol–water partition coefficient (Wildman–Crippen LogP) is -8.73. The first-order valence-corrected chi connectivity index (χ1v) is 2.00. The Labute approximate surface area is 109 Å². The van der Waals surface area contributed by atoms with E-state index in [-0.39, 0.29) is 59.1 Å². The Bertz CT molecular complexity index is 94.1. The molecule has 0 aliphatic heterocycles. The largest absolute Gasteiger partial charge is 1.00 e. The predicted molar refractivity (Wildman–Crippen MR) is 25.1 cm³/mol. The molecule has 0 aliphatic carbocycles. The van der Waals surface area contributed by atoms with Gasteiger partial charge in [-0.25, -0.2) is 0 Å². The molecular weight excluding hydrogens is 172 g/mol. The molecule has 5 nitrogen and oxygen atoms in total. The minimum absolute atomic E-state index is 0. The Hall–Kier alpha value is 0.740. The van der Waals surface area contributed by atoms with Crippen LogP contribution in [0.25, 0.3) is 0 Å². The summed E-state index contributed by atoms with van der Waals surface area (Å²) in [6.45, 7) is 0. The Balaban J connectivity index is -0.0000000383. The molecule has 0 spiro atoms. The number of carbonyl (C=O) groups is 2. The van der Waals surface area contributed by atoms with Crippen molar-refractivity contribution in [2.45, 2.75) is 0 Å². The van der Waals surface area contributed by atoms with Gasteiger partial charge in [-0.3, -0.25) is 4.79 Å². The Morgan fingerprint density at radius 3 is 1.36 bits per heavy atom. The number of rotatable bonds is 1. The van der Waals surface area contributed by atoms with Gasteiger partial charge in [0, 0.05) is 14.1 Å². The molecule has 54 valence electrons. The Morgan fingerprint density at radius 1 is 1.27 bits per heavy atom. The SMILES string of the molecule is CN(C)C=O.O=C([O-])[O-].[Na+].[Na+]. The van der Waals surface area contributed by atoms with Gasteiger partial charge in [-0.05, 0) is 6.16 Å². The van der Waals surface area contributed by atoms with E-state index < -0.39 is 6.16 Å². The summed E-state index contributed by atoms with van der Waals surface area (Å²) in [6, 6.07) is 0. The first kappa shape index (κ1) is 22.6. The van der Waals surface area contributed by atoms with Crippen LogP contribution in [0.4, 0.5) is 4.79 Å². The summed E-state index contributed by atoms with van der Waals surface area (Å²) in [5, 5.41) is 16.7. The number of carboxylic acid groups (broad SMARTS) is 2. The molecule has 1 amide bonds. The van der Waals surface area contributed by atoms with Crippen LogP contribution < -0.4 is 69.3 Å². The summed E-state index contributed by atoms with van der Waals surface area (Å²) in [5.41, 5.74) is 0. The van der Waals surface area contributed by atoms with Crippen LogP contribution in [0.5, 0.6) is 0 Å². The molecule has 0 saturated heterocycles. The van der Waals surface area contributed by atoms with Crippen molar-refractivity contribution in [3.05, 3.63) is 0 Å². The van der Waals surface area contributed by atoms with Crippen LogP contribution in [-0.2, 0) is 4.79 Å². The van der Waals surface area contributed by atoms with Crippen LogP contribution in [0, 0.1) is 0 Å². The normalized spacial score (nSPS) is 5.27. The van der Waals surface area contributed by atoms with Crippen LogP contribution in [-0.4, -0.2) is 31.6 Å². The van der Waals surface area contributed by atoms with Crippen molar-refractivity contribution in [3.63, 3.8) is 0 Å². The van der Waals surface area contributed by atoms with Gasteiger partial charge < -0.3 is 19.9 Å². The summed E-state index contributed by atoms with van der Waals surface area (Å²) >= 11 is 0. The van der Waals surface area contributed by atoms with Gasteiger partial charge in [0.1, 0.15) is 0 Å². The third-order valence-electron chi connectivity index (χ3n) is 0.211. The monoisotopic (exact) mass is 179 g/mol. The Kier molecular flexibility index (Phi) is 34.9. The molecule has 0 aromatic carbocycles. The topological polar surface area (TPSA) is 83.5 Å². The molecule has 0 heterocycles. The quantitative estimate of drug-likeness (QED) is 0.295. The smallest absolute Gasteiger partial charge is 0.652 e. The van der Waals surface area contributed by atoms with Crippen molar-refractivity contribution < 1.29 is 78.9 Å². The van der Waals surface area contributed by atoms with Gasteiger partial charge >= 0.3 is 59.1 Å². The fourth-order valence-corrected chi connectivity index (χ4v) is 0. The molecule has 0 aliphatic rings. The van der Waals surface area contributed by atoms with Crippen LogP contribution >= 0.6 is 0 Å². The molecule has 0 atom stereocenters. The van der Waals surface area contributed by atoms with Gasteiger partial charge in [-0.2, -0.15) is 0 Å². The van der Waals surface area contributed by atoms with E-state index in [9.17, 15) is 4.79 Å². The van der Waals surface area contributed by atoms with Crippen LogP contribution in [0.2, 0.25) is 0 Å². The van der Waals surface area contributed by atoms with E-state index in [2.05, 4.69) is 0 Å². The van der Waals surface area contributed by atoms with Crippen molar-refractivity contribution in [3.8, 4) is 0 Å². The first-order valence-electron chi connectivity index (χ1n) is 2.00. The number of amides is 1. The zero-order chi connectivity index (χ0) is 7.86. The number of hydrogen-bond acceptors (Lipinski definition) is 4. The zero-order valence-electron chi connectivity index (χ0n) is 7.16. The summed E-state index contributed by atoms with van der Waals surface area (Å²) < 4.78 is 0. The van der Waals surface area contributed by atoms with Gasteiger partial charge in [-0.1, -0.05) is 0 Å². The molecule has 7 heteroatoms. The fraction of sp³-hybridized carbons (Fsp3) is 0.500. The second kappa shape index (κ2) is 17.0. The number of hydrogen-bond donors (Lipinski definition) is 0. The van der Waals surface area contributed by atoms with Crippen molar-refractivity contribution in [2.24, 2.45) is 0 Å². The maximum Gasteiger partial charge on any atom is 1.00 e. The van der Waals surface area contributed by atoms with Crippen molar-refractivity contribution in [2.75, 3.05) is 14.1 Å². The third-order valence-corrected chi connectivity index (χ3v) is 0.211. The maximum absolute atomic E-state index is 9.43. The van der Waals surface area contributed by atoms with Crippen molar-refractivity contribution in [1.82, 2.24) is 4.90 Å². The van der Waals surface area contributed by atoms with E-state index in [4.69, 9.17) is 15.0 Å². The van der Waals surface area contributed by atoms with Gasteiger partial charge in [0.2, 0.25) is 6.41 Å².